The van der Waals surface area contributed by atoms with Crippen molar-refractivity contribution in [2.24, 2.45) is 0 Å². The minimum absolute atomic E-state index is 0.000973. The number of sulfone groups is 1. The Kier molecular flexibility index (Phi) is 5.61. The average molecular weight is 413 g/mol. The van der Waals surface area contributed by atoms with Crippen molar-refractivity contribution in [3.05, 3.63) is 71.1 Å². The van der Waals surface area contributed by atoms with Crippen molar-refractivity contribution < 1.29 is 13.2 Å². The summed E-state index contributed by atoms with van der Waals surface area (Å²) in [4.78, 5) is 25.1. The van der Waals surface area contributed by atoms with Gasteiger partial charge >= 0.3 is 0 Å². The van der Waals surface area contributed by atoms with Gasteiger partial charge in [-0.05, 0) is 48.1 Å². The molecule has 0 aliphatic rings. The molecule has 0 radical (unpaired) electrons. The molecule has 0 fully saturated rings. The van der Waals surface area contributed by atoms with E-state index in [2.05, 4.69) is 5.32 Å². The van der Waals surface area contributed by atoms with Crippen molar-refractivity contribution in [3.63, 3.8) is 0 Å². The predicted octanol–water partition coefficient (Wildman–Crippen LogP) is 2.61. The molecule has 1 heterocycles. The van der Waals surface area contributed by atoms with Gasteiger partial charge < -0.3 is 9.88 Å². The number of benzene rings is 2. The molecular formula is C22H24N2O4S. The van der Waals surface area contributed by atoms with Crippen molar-refractivity contribution in [3.8, 4) is 11.1 Å². The molecule has 0 aliphatic heterocycles. The average Bonchev–Trinajstić information content (AvgIpc) is 2.72. The van der Waals surface area contributed by atoms with Crippen LogP contribution in [0.2, 0.25) is 0 Å². The van der Waals surface area contributed by atoms with Crippen LogP contribution in [0.5, 0.6) is 0 Å². The number of pyridine rings is 1. The van der Waals surface area contributed by atoms with Crippen LogP contribution in [-0.4, -0.2) is 36.9 Å². The molecule has 3 rings (SSSR count). The summed E-state index contributed by atoms with van der Waals surface area (Å²) >= 11 is 0. The lowest BCUT2D eigenvalue weighted by Crippen LogP contribution is -2.49. The van der Waals surface area contributed by atoms with Crippen molar-refractivity contribution >= 4 is 26.5 Å². The fourth-order valence-electron chi connectivity index (χ4n) is 3.34. The second-order valence-electron chi connectivity index (χ2n) is 7.31. The molecule has 3 aromatic rings. The van der Waals surface area contributed by atoms with Gasteiger partial charge in [0.2, 0.25) is 5.91 Å². The van der Waals surface area contributed by atoms with Crippen molar-refractivity contribution in [2.45, 2.75) is 24.6 Å². The number of fused-ring (bicyclic) bond motifs is 1. The molecule has 7 heteroatoms. The van der Waals surface area contributed by atoms with E-state index in [0.29, 0.717) is 5.39 Å². The predicted molar refractivity (Wildman–Crippen MR) is 116 cm³/mol. The molecule has 29 heavy (non-hydrogen) atoms. The van der Waals surface area contributed by atoms with Gasteiger partial charge in [-0.3, -0.25) is 9.59 Å². The van der Waals surface area contributed by atoms with E-state index in [9.17, 15) is 18.0 Å². The molecule has 1 N–H and O–H groups in total. The molecule has 0 spiro atoms. The van der Waals surface area contributed by atoms with E-state index in [1.165, 1.54) is 18.5 Å². The number of nitrogens with one attached hydrogen (secondary N) is 1. The van der Waals surface area contributed by atoms with Gasteiger partial charge in [0, 0.05) is 31.4 Å². The third kappa shape index (κ3) is 3.96. The molecule has 152 valence electrons. The third-order valence-corrected chi connectivity index (χ3v) is 7.47. The summed E-state index contributed by atoms with van der Waals surface area (Å²) in [6, 6.07) is 17.4. The van der Waals surface area contributed by atoms with E-state index in [-0.39, 0.29) is 18.5 Å². The molecule has 0 bridgehead atoms. The highest BCUT2D eigenvalue weighted by Crippen LogP contribution is 2.24. The molecule has 0 aliphatic carbocycles. The number of amides is 1. The lowest BCUT2D eigenvalue weighted by molar-refractivity contribution is -0.123. The van der Waals surface area contributed by atoms with Crippen LogP contribution < -0.4 is 10.9 Å². The molecule has 6 nitrogen and oxygen atoms in total. The Morgan fingerprint density at radius 3 is 2.38 bits per heavy atom. The van der Waals surface area contributed by atoms with Gasteiger partial charge in [0.05, 0.1) is 0 Å². The summed E-state index contributed by atoms with van der Waals surface area (Å²) in [6.07, 6.45) is 2.68. The van der Waals surface area contributed by atoms with Crippen molar-refractivity contribution in [2.75, 3.05) is 13.3 Å². The van der Waals surface area contributed by atoms with Crippen molar-refractivity contribution in [1.82, 2.24) is 9.88 Å². The molecule has 0 unspecified atom stereocenters. The maximum absolute atomic E-state index is 12.9. The van der Waals surface area contributed by atoms with Gasteiger partial charge in [0.25, 0.3) is 5.56 Å². The zero-order valence-electron chi connectivity index (χ0n) is 16.7. The Morgan fingerprint density at radius 1 is 1.07 bits per heavy atom. The highest BCUT2D eigenvalue weighted by atomic mass is 32.2. The zero-order valence-corrected chi connectivity index (χ0v) is 17.5. The third-order valence-electron chi connectivity index (χ3n) is 5.44. The number of carbonyl (C=O) groups is 1. The SMILES string of the molecule is CNC(=O)[C@@](C)(CCn1ccc2cc(-c3ccccc3)ccc2c1=O)S(C)(=O)=O. The van der Waals surface area contributed by atoms with E-state index in [1.807, 2.05) is 48.5 Å². The molecule has 1 amide bonds. The van der Waals surface area contributed by atoms with Crippen molar-refractivity contribution in [1.29, 1.82) is 0 Å². The van der Waals surface area contributed by atoms with E-state index in [0.717, 1.165) is 22.8 Å². The minimum atomic E-state index is -3.66. The van der Waals surface area contributed by atoms with E-state index in [1.54, 1.807) is 12.3 Å². The lowest BCUT2D eigenvalue weighted by Gasteiger charge is -2.26. The Hall–Kier alpha value is -2.93. The number of aromatic nitrogens is 1. The van der Waals surface area contributed by atoms with Gasteiger partial charge in [-0.2, -0.15) is 0 Å². The summed E-state index contributed by atoms with van der Waals surface area (Å²) in [5.41, 5.74) is 1.86. The topological polar surface area (TPSA) is 85.2 Å². The van der Waals surface area contributed by atoms with Crippen LogP contribution in [0.15, 0.2) is 65.6 Å². The first-order chi connectivity index (χ1) is 13.7. The number of rotatable bonds is 6. The van der Waals surface area contributed by atoms with Crippen LogP contribution >= 0.6 is 0 Å². The van der Waals surface area contributed by atoms with Crippen LogP contribution in [0.3, 0.4) is 0 Å². The first kappa shape index (κ1) is 20.8. The Bertz CT molecular complexity index is 1220. The molecule has 2 aromatic carbocycles. The van der Waals surface area contributed by atoms with Gasteiger partial charge in [-0.1, -0.05) is 36.4 Å². The maximum atomic E-state index is 12.9. The largest absolute Gasteiger partial charge is 0.358 e. The summed E-state index contributed by atoms with van der Waals surface area (Å²) in [7, 11) is -2.26. The first-order valence-electron chi connectivity index (χ1n) is 9.28. The number of nitrogens with zero attached hydrogens (tertiary/aromatic N) is 1. The number of carbonyl (C=O) groups excluding carboxylic acids is 1. The monoisotopic (exact) mass is 412 g/mol. The van der Waals surface area contributed by atoms with Crippen LogP contribution in [0, 0.1) is 0 Å². The summed E-state index contributed by atoms with van der Waals surface area (Å²) < 4.78 is 24.2. The van der Waals surface area contributed by atoms with Gasteiger partial charge in [0.15, 0.2) is 9.84 Å². The van der Waals surface area contributed by atoms with E-state index >= 15 is 0 Å². The second-order valence-corrected chi connectivity index (χ2v) is 9.76. The Morgan fingerprint density at radius 2 is 1.76 bits per heavy atom. The van der Waals surface area contributed by atoms with Gasteiger partial charge in [0.1, 0.15) is 4.75 Å². The van der Waals surface area contributed by atoms with E-state index < -0.39 is 20.5 Å². The molecule has 1 atom stereocenters. The van der Waals surface area contributed by atoms with Crippen LogP contribution in [0.1, 0.15) is 13.3 Å². The quantitative estimate of drug-likeness (QED) is 0.674. The smallest absolute Gasteiger partial charge is 0.258 e. The number of hydrogen-bond acceptors (Lipinski definition) is 4. The summed E-state index contributed by atoms with van der Waals surface area (Å²) in [5.74, 6) is -0.582. The highest BCUT2D eigenvalue weighted by molar-refractivity contribution is 7.92. The fourth-order valence-corrected chi connectivity index (χ4v) is 4.24. The molecule has 0 saturated carbocycles. The highest BCUT2D eigenvalue weighted by Gasteiger charge is 2.42. The van der Waals surface area contributed by atoms with Crippen LogP contribution in [-0.2, 0) is 21.2 Å². The summed E-state index contributed by atoms with van der Waals surface area (Å²) in [5, 5.41) is 3.77. The standard InChI is InChI=1S/C22H24N2O4S/c1-22(21(26)23-2,29(3,27)28)12-14-24-13-11-18-15-17(9-10-19(18)20(24)25)16-7-5-4-6-8-16/h4-11,13,15H,12,14H2,1-3H3,(H,23,26)/t22-/m1/s1. The maximum Gasteiger partial charge on any atom is 0.258 e. The Labute approximate surface area is 170 Å². The fraction of sp³-hybridized carbons (Fsp3) is 0.273. The summed E-state index contributed by atoms with van der Waals surface area (Å²) in [6.45, 7) is 1.51. The normalized spacial score (nSPS) is 13.8. The second kappa shape index (κ2) is 7.83. The molecule has 0 saturated heterocycles. The van der Waals surface area contributed by atoms with Gasteiger partial charge in [-0.15, -0.1) is 0 Å². The van der Waals surface area contributed by atoms with E-state index in [4.69, 9.17) is 0 Å². The molecule has 1 aromatic heterocycles. The Balaban J connectivity index is 1.94. The zero-order chi connectivity index (χ0) is 21.2. The number of hydrogen-bond donors (Lipinski definition) is 1. The minimum Gasteiger partial charge on any atom is -0.358 e. The van der Waals surface area contributed by atoms with Gasteiger partial charge in [-0.25, -0.2) is 8.42 Å². The van der Waals surface area contributed by atoms with Crippen LogP contribution in [0.25, 0.3) is 21.9 Å². The molecular weight excluding hydrogens is 388 g/mol. The van der Waals surface area contributed by atoms with Crippen LogP contribution in [0.4, 0.5) is 0 Å². The lowest BCUT2D eigenvalue weighted by atomic mass is 10.0. The first-order valence-corrected chi connectivity index (χ1v) is 11.2. The number of aryl methyl sites for hydroxylation is 1.